The van der Waals surface area contributed by atoms with Crippen LogP contribution in [0.5, 0.6) is 0 Å². The van der Waals surface area contributed by atoms with Gasteiger partial charge in [0, 0.05) is 12.0 Å². The van der Waals surface area contributed by atoms with Crippen LogP contribution in [0.3, 0.4) is 0 Å². The number of hydrogen-bond acceptors (Lipinski definition) is 3. The molecule has 0 fully saturated rings. The van der Waals surface area contributed by atoms with Gasteiger partial charge < -0.3 is 5.32 Å². The number of nitrogens with one attached hydrogen (secondary N) is 1. The average molecular weight is 311 g/mol. The highest BCUT2D eigenvalue weighted by molar-refractivity contribution is 7.92. The molecule has 0 aliphatic carbocycles. The summed E-state index contributed by atoms with van der Waals surface area (Å²) in [5.41, 5.74) is 0.613. The molecule has 0 unspecified atom stereocenters. The molecule has 21 heavy (non-hydrogen) atoms. The van der Waals surface area contributed by atoms with E-state index < -0.39 is 20.5 Å². The zero-order valence-electron chi connectivity index (χ0n) is 13.4. The van der Waals surface area contributed by atoms with Gasteiger partial charge in [0.25, 0.3) is 0 Å². The van der Waals surface area contributed by atoms with Crippen molar-refractivity contribution in [2.24, 2.45) is 5.41 Å². The van der Waals surface area contributed by atoms with E-state index in [2.05, 4.69) is 5.32 Å². The van der Waals surface area contributed by atoms with Crippen LogP contribution in [0.4, 0.5) is 0 Å². The first-order valence-electron chi connectivity index (χ1n) is 7.16. The normalized spacial score (nSPS) is 12.5. The van der Waals surface area contributed by atoms with Gasteiger partial charge in [-0.1, -0.05) is 32.9 Å². The van der Waals surface area contributed by atoms with Crippen molar-refractivity contribution in [1.82, 2.24) is 5.32 Å². The number of carbonyl (C=O) groups excluding carboxylic acids is 1. The van der Waals surface area contributed by atoms with Crippen LogP contribution >= 0.6 is 0 Å². The molecule has 118 valence electrons. The second kappa shape index (κ2) is 6.60. The van der Waals surface area contributed by atoms with Gasteiger partial charge in [0.2, 0.25) is 5.91 Å². The van der Waals surface area contributed by atoms with Crippen molar-refractivity contribution in [2.75, 3.05) is 6.54 Å². The van der Waals surface area contributed by atoms with E-state index in [9.17, 15) is 13.2 Å². The topological polar surface area (TPSA) is 63.2 Å². The highest BCUT2D eigenvalue weighted by Gasteiger charge is 2.20. The summed E-state index contributed by atoms with van der Waals surface area (Å²) < 4.78 is 24.0. The Morgan fingerprint density at radius 1 is 1.14 bits per heavy atom. The van der Waals surface area contributed by atoms with E-state index in [1.807, 2.05) is 20.8 Å². The first-order chi connectivity index (χ1) is 9.55. The van der Waals surface area contributed by atoms with Crippen LogP contribution in [0, 0.1) is 5.41 Å². The zero-order valence-corrected chi connectivity index (χ0v) is 14.3. The first-order valence-corrected chi connectivity index (χ1v) is 8.71. The molecule has 1 aromatic rings. The highest BCUT2D eigenvalue weighted by Crippen LogP contribution is 2.17. The molecule has 0 bridgehead atoms. The fourth-order valence-corrected chi connectivity index (χ4v) is 2.76. The van der Waals surface area contributed by atoms with Gasteiger partial charge in [0.05, 0.1) is 10.1 Å². The third kappa shape index (κ3) is 4.84. The molecule has 0 aromatic heterocycles. The monoisotopic (exact) mass is 311 g/mol. The summed E-state index contributed by atoms with van der Waals surface area (Å²) in [6, 6.07) is 6.88. The fourth-order valence-electron chi connectivity index (χ4n) is 1.70. The summed E-state index contributed by atoms with van der Waals surface area (Å²) in [4.78, 5) is 12.1. The summed E-state index contributed by atoms with van der Waals surface area (Å²) in [7, 11) is -3.22. The maximum Gasteiger partial charge on any atom is 0.225 e. The lowest BCUT2D eigenvalue weighted by Crippen LogP contribution is -2.35. The van der Waals surface area contributed by atoms with Crippen molar-refractivity contribution in [3.05, 3.63) is 29.8 Å². The molecule has 0 radical (unpaired) electrons. The second-order valence-corrected chi connectivity index (χ2v) is 9.00. The summed E-state index contributed by atoms with van der Waals surface area (Å²) in [5.74, 6) is 0.0153. The summed E-state index contributed by atoms with van der Waals surface area (Å²) >= 11 is 0. The zero-order chi connectivity index (χ0) is 16.3. The number of amides is 1. The van der Waals surface area contributed by atoms with Crippen LogP contribution in [0.2, 0.25) is 0 Å². The lowest BCUT2D eigenvalue weighted by molar-refractivity contribution is -0.128. The number of rotatable bonds is 5. The highest BCUT2D eigenvalue weighted by atomic mass is 32.2. The Bertz CT molecular complexity index is 581. The standard InChI is InChI=1S/C16H25NO3S/c1-12(2)21(19,20)14-8-6-13(7-9-14)10-11-17-15(18)16(3,4)5/h6-9,12H,10-11H2,1-5H3,(H,17,18). The Hall–Kier alpha value is -1.36. The molecule has 0 spiro atoms. The van der Waals surface area contributed by atoms with Gasteiger partial charge in [-0.15, -0.1) is 0 Å². The van der Waals surface area contributed by atoms with Gasteiger partial charge in [0.15, 0.2) is 9.84 Å². The number of sulfone groups is 1. The van der Waals surface area contributed by atoms with Crippen LogP contribution < -0.4 is 5.32 Å². The number of benzene rings is 1. The Morgan fingerprint density at radius 2 is 1.67 bits per heavy atom. The fraction of sp³-hybridized carbons (Fsp3) is 0.562. The number of hydrogen-bond donors (Lipinski definition) is 1. The minimum atomic E-state index is -3.22. The van der Waals surface area contributed by atoms with Crippen LogP contribution in [0.25, 0.3) is 0 Å². The third-order valence-electron chi connectivity index (χ3n) is 3.25. The molecule has 0 aliphatic rings. The molecule has 1 aromatic carbocycles. The molecule has 0 saturated carbocycles. The average Bonchev–Trinajstić information content (AvgIpc) is 2.38. The minimum Gasteiger partial charge on any atom is -0.355 e. The molecule has 0 saturated heterocycles. The molecular weight excluding hydrogens is 286 g/mol. The predicted molar refractivity (Wildman–Crippen MR) is 84.9 cm³/mol. The second-order valence-electron chi connectivity index (χ2n) is 6.49. The first kappa shape index (κ1) is 17.7. The van der Waals surface area contributed by atoms with Crippen LogP contribution in [0.1, 0.15) is 40.2 Å². The molecule has 0 aliphatic heterocycles. The van der Waals surface area contributed by atoms with Crippen molar-refractivity contribution in [2.45, 2.75) is 51.2 Å². The van der Waals surface area contributed by atoms with Crippen molar-refractivity contribution in [3.63, 3.8) is 0 Å². The number of carbonyl (C=O) groups is 1. The van der Waals surface area contributed by atoms with E-state index in [0.717, 1.165) is 5.56 Å². The van der Waals surface area contributed by atoms with Crippen LogP contribution in [0.15, 0.2) is 29.2 Å². The van der Waals surface area contributed by atoms with E-state index in [1.165, 1.54) is 0 Å². The molecule has 0 atom stereocenters. The van der Waals surface area contributed by atoms with Gasteiger partial charge >= 0.3 is 0 Å². The summed E-state index contributed by atoms with van der Waals surface area (Å²) in [6.07, 6.45) is 0.684. The van der Waals surface area contributed by atoms with Crippen LogP contribution in [-0.4, -0.2) is 26.1 Å². The maximum atomic E-state index is 12.0. The van der Waals surface area contributed by atoms with Gasteiger partial charge in [-0.3, -0.25) is 4.79 Å². The third-order valence-corrected chi connectivity index (χ3v) is 5.42. The Labute approximate surface area is 127 Å². The Morgan fingerprint density at radius 3 is 2.10 bits per heavy atom. The van der Waals surface area contributed by atoms with Crippen molar-refractivity contribution in [1.29, 1.82) is 0 Å². The summed E-state index contributed by atoms with van der Waals surface area (Å²) in [5, 5.41) is 2.46. The van der Waals surface area contributed by atoms with Crippen molar-refractivity contribution < 1.29 is 13.2 Å². The maximum absolute atomic E-state index is 12.0. The molecule has 1 N–H and O–H groups in total. The van der Waals surface area contributed by atoms with Gasteiger partial charge in [0.1, 0.15) is 0 Å². The molecule has 1 amide bonds. The largest absolute Gasteiger partial charge is 0.355 e. The lowest BCUT2D eigenvalue weighted by Gasteiger charge is -2.17. The molecule has 4 nitrogen and oxygen atoms in total. The van der Waals surface area contributed by atoms with E-state index in [0.29, 0.717) is 17.9 Å². The summed E-state index contributed by atoms with van der Waals surface area (Å²) in [6.45, 7) is 9.50. The smallest absolute Gasteiger partial charge is 0.225 e. The van der Waals surface area contributed by atoms with Gasteiger partial charge in [-0.05, 0) is 38.0 Å². The van der Waals surface area contributed by atoms with E-state index in [-0.39, 0.29) is 5.91 Å². The van der Waals surface area contributed by atoms with Gasteiger partial charge in [-0.2, -0.15) is 0 Å². The quantitative estimate of drug-likeness (QED) is 0.909. The van der Waals surface area contributed by atoms with E-state index >= 15 is 0 Å². The SMILES string of the molecule is CC(C)S(=O)(=O)c1ccc(CCNC(=O)C(C)(C)C)cc1. The Balaban J connectivity index is 2.63. The van der Waals surface area contributed by atoms with E-state index in [1.54, 1.807) is 38.1 Å². The Kier molecular flexibility index (Phi) is 5.56. The molecule has 0 heterocycles. The van der Waals surface area contributed by atoms with E-state index in [4.69, 9.17) is 0 Å². The minimum absolute atomic E-state index is 0.0153. The van der Waals surface area contributed by atoms with Gasteiger partial charge in [-0.25, -0.2) is 8.42 Å². The van der Waals surface area contributed by atoms with Crippen molar-refractivity contribution in [3.8, 4) is 0 Å². The molecule has 5 heteroatoms. The molecular formula is C16H25NO3S. The predicted octanol–water partition coefficient (Wildman–Crippen LogP) is 2.57. The van der Waals surface area contributed by atoms with Crippen molar-refractivity contribution >= 4 is 15.7 Å². The lowest BCUT2D eigenvalue weighted by atomic mass is 9.95. The van der Waals surface area contributed by atoms with Crippen LogP contribution in [-0.2, 0) is 21.1 Å². The molecule has 1 rings (SSSR count).